The number of alkyl halides is 3. The number of sulfonamides is 1. The molecule has 5 nitrogen and oxygen atoms in total. The zero-order valence-electron chi connectivity index (χ0n) is 10.1. The third-order valence-electron chi connectivity index (χ3n) is 2.82. The molecule has 0 bridgehead atoms. The van der Waals surface area contributed by atoms with Crippen molar-refractivity contribution < 1.29 is 26.4 Å². The molecule has 0 aromatic carbocycles. The zero-order chi connectivity index (χ0) is 15.0. The quantitative estimate of drug-likeness (QED) is 0.887. The van der Waals surface area contributed by atoms with Crippen LogP contribution in [0.3, 0.4) is 0 Å². The van der Waals surface area contributed by atoms with Crippen molar-refractivity contribution in [1.29, 1.82) is 0 Å². The molecule has 1 saturated heterocycles. The van der Waals surface area contributed by atoms with Gasteiger partial charge in [0.2, 0.25) is 5.91 Å². The highest BCUT2D eigenvalue weighted by Crippen LogP contribution is 2.33. The molecule has 1 amide bonds. The number of carbonyl (C=O) groups is 1. The summed E-state index contributed by atoms with van der Waals surface area (Å²) in [6.45, 7) is -0.549. The Morgan fingerprint density at radius 2 is 2.10 bits per heavy atom. The summed E-state index contributed by atoms with van der Waals surface area (Å²) < 4.78 is 63.8. The third kappa shape index (κ3) is 2.96. The highest BCUT2D eigenvalue weighted by Gasteiger charge is 2.50. The summed E-state index contributed by atoms with van der Waals surface area (Å²) in [5.74, 6) is -0.809. The van der Waals surface area contributed by atoms with Crippen LogP contribution < -0.4 is 5.32 Å². The molecule has 20 heavy (non-hydrogen) atoms. The Morgan fingerprint density at radius 3 is 2.65 bits per heavy atom. The van der Waals surface area contributed by atoms with Crippen LogP contribution in [0.2, 0.25) is 0 Å². The number of nitrogens with zero attached hydrogens (tertiary/aromatic N) is 1. The van der Waals surface area contributed by atoms with Crippen molar-refractivity contribution in [1.82, 2.24) is 9.62 Å². The molecule has 112 valence electrons. The minimum atomic E-state index is -4.80. The number of thiophene rings is 1. The minimum Gasteiger partial charge on any atom is -0.355 e. The lowest BCUT2D eigenvalue weighted by atomic mass is 10.2. The molecule has 2 heterocycles. The molecule has 1 N–H and O–H groups in total. The maximum Gasteiger partial charge on any atom is 0.405 e. The summed E-state index contributed by atoms with van der Waals surface area (Å²) in [5, 5.41) is 3.72. The molecule has 1 aliphatic rings. The van der Waals surface area contributed by atoms with Crippen LogP contribution in [0, 0.1) is 0 Å². The number of rotatable bonds is 2. The fraction of sp³-hybridized carbons (Fsp3) is 0.500. The van der Waals surface area contributed by atoms with E-state index in [2.05, 4.69) is 5.32 Å². The number of hydrogen-bond donors (Lipinski definition) is 1. The zero-order valence-corrected chi connectivity index (χ0v) is 11.7. The first kappa shape index (κ1) is 15.3. The maximum absolute atomic E-state index is 13.0. The number of hydrogen-bond acceptors (Lipinski definition) is 4. The topological polar surface area (TPSA) is 66.5 Å². The first-order valence-electron chi connectivity index (χ1n) is 5.61. The summed E-state index contributed by atoms with van der Waals surface area (Å²) in [5.41, 5.74) is 0. The van der Waals surface area contributed by atoms with Gasteiger partial charge in [0.1, 0.15) is 10.3 Å². The standard InChI is InChI=1S/C10H11F3N2O3S2/c11-10(12,13)7-6-8(16)14-3-4-15(7)20(17,18)9-2-1-5-19-9/h1-2,5,7H,3-4,6H2,(H,14,16)/t7-/m1/s1. The van der Waals surface area contributed by atoms with Crippen LogP contribution in [0.4, 0.5) is 13.2 Å². The SMILES string of the molecule is O=C1C[C@H](C(F)(F)F)N(S(=O)(=O)c2cccs2)CCN1. The van der Waals surface area contributed by atoms with Crippen LogP contribution in [0.15, 0.2) is 21.7 Å². The lowest BCUT2D eigenvalue weighted by Gasteiger charge is -2.29. The van der Waals surface area contributed by atoms with Crippen molar-refractivity contribution in [2.45, 2.75) is 22.8 Å². The van der Waals surface area contributed by atoms with Crippen molar-refractivity contribution in [3.63, 3.8) is 0 Å². The van der Waals surface area contributed by atoms with Gasteiger partial charge in [0, 0.05) is 13.1 Å². The van der Waals surface area contributed by atoms with Crippen molar-refractivity contribution in [3.05, 3.63) is 17.5 Å². The monoisotopic (exact) mass is 328 g/mol. The van der Waals surface area contributed by atoms with Crippen LogP contribution in [0.1, 0.15) is 6.42 Å². The van der Waals surface area contributed by atoms with Gasteiger partial charge in [-0.3, -0.25) is 4.79 Å². The average molecular weight is 328 g/mol. The van der Waals surface area contributed by atoms with E-state index in [-0.39, 0.29) is 10.8 Å². The molecule has 0 aliphatic carbocycles. The smallest absolute Gasteiger partial charge is 0.355 e. The first-order valence-corrected chi connectivity index (χ1v) is 7.93. The number of nitrogens with one attached hydrogen (secondary N) is 1. The van der Waals surface area contributed by atoms with Gasteiger partial charge in [-0.15, -0.1) is 11.3 Å². The molecule has 2 rings (SSSR count). The van der Waals surface area contributed by atoms with Crippen molar-refractivity contribution in [2.24, 2.45) is 0 Å². The largest absolute Gasteiger partial charge is 0.405 e. The summed E-state index contributed by atoms with van der Waals surface area (Å²) in [6, 6.07) is 0.353. The number of carbonyl (C=O) groups excluding carboxylic acids is 1. The second kappa shape index (κ2) is 5.34. The Bertz CT molecular complexity index is 583. The molecule has 0 saturated carbocycles. The van der Waals surface area contributed by atoms with Crippen LogP contribution in [0.25, 0.3) is 0 Å². The molecule has 1 fully saturated rings. The Balaban J connectivity index is 2.43. The van der Waals surface area contributed by atoms with E-state index in [0.29, 0.717) is 4.31 Å². The van der Waals surface area contributed by atoms with E-state index in [0.717, 1.165) is 11.3 Å². The van der Waals surface area contributed by atoms with Gasteiger partial charge in [0.25, 0.3) is 10.0 Å². The number of amides is 1. The molecule has 1 aliphatic heterocycles. The molecule has 1 atom stereocenters. The van der Waals surface area contributed by atoms with Gasteiger partial charge in [-0.25, -0.2) is 8.42 Å². The Hall–Kier alpha value is -1.13. The van der Waals surface area contributed by atoms with E-state index in [1.54, 1.807) is 0 Å². The Labute approximate surface area is 117 Å². The molecule has 0 spiro atoms. The van der Waals surface area contributed by atoms with Crippen molar-refractivity contribution in [2.75, 3.05) is 13.1 Å². The van der Waals surface area contributed by atoms with Crippen molar-refractivity contribution in [3.8, 4) is 0 Å². The predicted molar refractivity (Wildman–Crippen MR) is 65.7 cm³/mol. The third-order valence-corrected chi connectivity index (χ3v) is 6.10. The van der Waals surface area contributed by atoms with E-state index in [1.807, 2.05) is 0 Å². The van der Waals surface area contributed by atoms with Gasteiger partial charge in [0.15, 0.2) is 0 Å². The van der Waals surface area contributed by atoms with Gasteiger partial charge in [-0.2, -0.15) is 17.5 Å². The summed E-state index contributed by atoms with van der Waals surface area (Å²) in [4.78, 5) is 11.3. The van der Waals surface area contributed by atoms with Gasteiger partial charge in [-0.05, 0) is 11.4 Å². The fourth-order valence-electron chi connectivity index (χ4n) is 1.90. The summed E-state index contributed by atoms with van der Waals surface area (Å²) in [7, 11) is -4.26. The van der Waals surface area contributed by atoms with Crippen LogP contribution in [-0.2, 0) is 14.8 Å². The molecule has 0 unspecified atom stereocenters. The fourth-order valence-corrected chi connectivity index (χ4v) is 4.63. The van der Waals surface area contributed by atoms with Gasteiger partial charge in [-0.1, -0.05) is 6.07 Å². The minimum absolute atomic E-state index is 0.143. The Morgan fingerprint density at radius 1 is 1.40 bits per heavy atom. The van der Waals surface area contributed by atoms with E-state index >= 15 is 0 Å². The van der Waals surface area contributed by atoms with E-state index in [9.17, 15) is 26.4 Å². The highest BCUT2D eigenvalue weighted by atomic mass is 32.2. The van der Waals surface area contributed by atoms with Gasteiger partial charge >= 0.3 is 6.18 Å². The molecular weight excluding hydrogens is 317 g/mol. The second-order valence-electron chi connectivity index (χ2n) is 4.16. The lowest BCUT2D eigenvalue weighted by Crippen LogP contribution is -2.49. The maximum atomic E-state index is 13.0. The van der Waals surface area contributed by atoms with Crippen LogP contribution in [0.5, 0.6) is 0 Å². The highest BCUT2D eigenvalue weighted by molar-refractivity contribution is 7.91. The van der Waals surface area contributed by atoms with Crippen LogP contribution in [-0.4, -0.2) is 43.9 Å². The Kier molecular flexibility index (Phi) is 4.07. The molecule has 1 aromatic rings. The summed E-state index contributed by atoms with van der Waals surface area (Å²) in [6.07, 6.45) is -5.72. The van der Waals surface area contributed by atoms with Gasteiger partial charge in [0.05, 0.1) is 6.42 Å². The average Bonchev–Trinajstić information content (AvgIpc) is 2.78. The molecular formula is C10H11F3N2O3S2. The first-order chi connectivity index (χ1) is 9.23. The summed E-state index contributed by atoms with van der Waals surface area (Å²) >= 11 is 0.841. The second-order valence-corrected chi connectivity index (χ2v) is 7.22. The molecule has 10 heteroatoms. The van der Waals surface area contributed by atoms with Gasteiger partial charge < -0.3 is 5.32 Å². The van der Waals surface area contributed by atoms with Crippen molar-refractivity contribution >= 4 is 27.3 Å². The number of halogens is 3. The molecule has 0 radical (unpaired) electrons. The van der Waals surface area contributed by atoms with E-state index in [1.165, 1.54) is 17.5 Å². The van der Waals surface area contributed by atoms with Crippen LogP contribution >= 0.6 is 11.3 Å². The lowest BCUT2D eigenvalue weighted by molar-refractivity contribution is -0.173. The molecule has 1 aromatic heterocycles. The van der Waals surface area contributed by atoms with E-state index < -0.39 is 41.1 Å². The normalized spacial score (nSPS) is 22.4. The van der Waals surface area contributed by atoms with E-state index in [4.69, 9.17) is 0 Å². The predicted octanol–water partition coefficient (Wildman–Crippen LogP) is 1.19.